The molecule has 2 rings (SSSR count). The van der Waals surface area contributed by atoms with Crippen LogP contribution in [0.1, 0.15) is 32.1 Å². The van der Waals surface area contributed by atoms with E-state index in [-0.39, 0.29) is 5.92 Å². The van der Waals surface area contributed by atoms with Gasteiger partial charge in [-0.15, -0.1) is 0 Å². The summed E-state index contributed by atoms with van der Waals surface area (Å²) in [7, 11) is 1.90. The smallest absolute Gasteiger partial charge is 0.186 e. The minimum atomic E-state index is 0.171. The first-order valence-electron chi connectivity index (χ1n) is 5.71. The second kappa shape index (κ2) is 5.35. The maximum atomic E-state index is 9.18. The van der Waals surface area contributed by atoms with E-state index in [1.807, 2.05) is 7.05 Å². The lowest BCUT2D eigenvalue weighted by Crippen LogP contribution is -2.15. The predicted octanol–water partition coefficient (Wildman–Crippen LogP) is 2.38. The third-order valence-electron chi connectivity index (χ3n) is 3.05. The molecule has 1 saturated carbocycles. The minimum Gasteiger partial charge on any atom is -0.244 e. The van der Waals surface area contributed by atoms with Crippen LogP contribution < -0.4 is 0 Å². The van der Waals surface area contributed by atoms with Crippen LogP contribution >= 0.6 is 11.8 Å². The molecule has 1 aliphatic rings. The topological polar surface area (TPSA) is 54.5 Å². The Hall–Kier alpha value is -1.02. The van der Waals surface area contributed by atoms with Gasteiger partial charge in [0.2, 0.25) is 0 Å². The van der Waals surface area contributed by atoms with E-state index in [0.717, 1.165) is 18.0 Å². The van der Waals surface area contributed by atoms with E-state index in [9.17, 15) is 5.26 Å². The molecule has 0 spiro atoms. The highest BCUT2D eigenvalue weighted by molar-refractivity contribution is 7.99. The van der Waals surface area contributed by atoms with E-state index in [2.05, 4.69) is 16.2 Å². The zero-order valence-corrected chi connectivity index (χ0v) is 10.3. The monoisotopic (exact) mass is 236 g/mol. The number of nitrogens with zero attached hydrogens (tertiary/aromatic N) is 4. The second-order valence-electron chi connectivity index (χ2n) is 4.20. The first-order chi connectivity index (χ1) is 7.81. The average molecular weight is 236 g/mol. The van der Waals surface area contributed by atoms with Crippen molar-refractivity contribution >= 4 is 11.8 Å². The number of nitriles is 1. The highest BCUT2D eigenvalue weighted by atomic mass is 32.2. The van der Waals surface area contributed by atoms with Gasteiger partial charge in [0, 0.05) is 12.3 Å². The van der Waals surface area contributed by atoms with Gasteiger partial charge in [-0.2, -0.15) is 10.4 Å². The van der Waals surface area contributed by atoms with Crippen molar-refractivity contribution in [2.75, 3.05) is 0 Å². The van der Waals surface area contributed by atoms with Gasteiger partial charge in [0.25, 0.3) is 0 Å². The van der Waals surface area contributed by atoms with Crippen molar-refractivity contribution in [1.29, 1.82) is 5.26 Å². The zero-order valence-electron chi connectivity index (χ0n) is 9.46. The number of hydrogen-bond donors (Lipinski definition) is 0. The molecule has 0 aromatic carbocycles. The van der Waals surface area contributed by atoms with Crippen molar-refractivity contribution in [3.63, 3.8) is 0 Å². The number of rotatable bonds is 2. The van der Waals surface area contributed by atoms with Gasteiger partial charge < -0.3 is 0 Å². The Bertz CT molecular complexity index is 382. The summed E-state index contributed by atoms with van der Waals surface area (Å²) < 4.78 is 1.78. The van der Waals surface area contributed by atoms with Gasteiger partial charge in [-0.05, 0) is 12.8 Å². The number of hydrogen-bond acceptors (Lipinski definition) is 4. The van der Waals surface area contributed by atoms with Crippen molar-refractivity contribution < 1.29 is 0 Å². The molecule has 16 heavy (non-hydrogen) atoms. The van der Waals surface area contributed by atoms with Gasteiger partial charge in [-0.1, -0.05) is 31.0 Å². The molecular weight excluding hydrogens is 220 g/mol. The molecule has 0 bridgehead atoms. The van der Waals surface area contributed by atoms with Crippen molar-refractivity contribution in [2.45, 2.75) is 42.5 Å². The van der Waals surface area contributed by atoms with Crippen LogP contribution in [0, 0.1) is 17.2 Å². The number of thioether (sulfide) groups is 1. The molecule has 0 saturated heterocycles. The Kier molecular flexibility index (Phi) is 3.83. The van der Waals surface area contributed by atoms with Crippen molar-refractivity contribution in [3.05, 3.63) is 6.33 Å². The summed E-state index contributed by atoms with van der Waals surface area (Å²) in [6.45, 7) is 0. The first-order valence-corrected chi connectivity index (χ1v) is 6.59. The number of aryl methyl sites for hydroxylation is 1. The van der Waals surface area contributed by atoms with E-state index in [4.69, 9.17) is 0 Å². The highest BCUT2D eigenvalue weighted by Crippen LogP contribution is 2.35. The summed E-state index contributed by atoms with van der Waals surface area (Å²) in [6.07, 6.45) is 7.40. The van der Waals surface area contributed by atoms with Crippen molar-refractivity contribution in [2.24, 2.45) is 13.0 Å². The summed E-state index contributed by atoms with van der Waals surface area (Å²) in [5.74, 6) is 0.171. The van der Waals surface area contributed by atoms with E-state index in [0.29, 0.717) is 5.25 Å². The molecule has 1 fully saturated rings. The standard InChI is InChI=1S/C11H16N4S/c1-15-11(13-8-14-15)16-10-6-4-2-3-5-9(10)7-12/h8-10H,2-6H2,1H3. The molecule has 86 valence electrons. The molecule has 1 heterocycles. The summed E-state index contributed by atoms with van der Waals surface area (Å²) in [6, 6.07) is 2.45. The molecule has 4 nitrogen and oxygen atoms in total. The minimum absolute atomic E-state index is 0.171. The van der Waals surface area contributed by atoms with Gasteiger partial charge in [0.15, 0.2) is 5.16 Å². The molecule has 2 atom stereocenters. The molecule has 0 radical (unpaired) electrons. The molecule has 1 aromatic heterocycles. The Morgan fingerprint density at radius 1 is 1.44 bits per heavy atom. The normalized spacial score (nSPS) is 26.0. The van der Waals surface area contributed by atoms with Gasteiger partial charge in [-0.25, -0.2) is 9.67 Å². The van der Waals surface area contributed by atoms with Crippen LogP contribution in [0.3, 0.4) is 0 Å². The second-order valence-corrected chi connectivity index (χ2v) is 5.40. The number of aromatic nitrogens is 3. The third kappa shape index (κ3) is 2.56. The molecule has 1 aliphatic carbocycles. The molecule has 0 aliphatic heterocycles. The molecular formula is C11H16N4S. The fourth-order valence-corrected chi connectivity index (χ4v) is 3.31. The van der Waals surface area contributed by atoms with Gasteiger partial charge >= 0.3 is 0 Å². The van der Waals surface area contributed by atoms with Crippen LogP contribution in [0.5, 0.6) is 0 Å². The maximum absolute atomic E-state index is 9.18. The SMILES string of the molecule is Cn1ncnc1SC1CCCCCC1C#N. The van der Waals surface area contributed by atoms with Crippen LogP contribution in [0.4, 0.5) is 0 Å². The predicted molar refractivity (Wildman–Crippen MR) is 62.8 cm³/mol. The van der Waals surface area contributed by atoms with Gasteiger partial charge in [0.05, 0.1) is 12.0 Å². The summed E-state index contributed by atoms with van der Waals surface area (Å²) in [5.41, 5.74) is 0. The molecule has 1 aromatic rings. The lowest BCUT2D eigenvalue weighted by molar-refractivity contribution is 0.581. The Balaban J connectivity index is 2.06. The quantitative estimate of drug-likeness (QED) is 0.740. The average Bonchev–Trinajstić information content (AvgIpc) is 2.56. The van der Waals surface area contributed by atoms with Crippen LogP contribution in [-0.4, -0.2) is 20.0 Å². The maximum Gasteiger partial charge on any atom is 0.186 e. The van der Waals surface area contributed by atoms with Gasteiger partial charge in [-0.3, -0.25) is 0 Å². The molecule has 2 unspecified atom stereocenters. The van der Waals surface area contributed by atoms with E-state index < -0.39 is 0 Å². The zero-order chi connectivity index (χ0) is 11.4. The van der Waals surface area contributed by atoms with Crippen LogP contribution in [-0.2, 0) is 7.05 Å². The van der Waals surface area contributed by atoms with Crippen LogP contribution in [0.15, 0.2) is 11.5 Å². The first kappa shape index (κ1) is 11.5. The Morgan fingerprint density at radius 3 is 2.94 bits per heavy atom. The van der Waals surface area contributed by atoms with E-state index >= 15 is 0 Å². The fourth-order valence-electron chi connectivity index (χ4n) is 2.09. The van der Waals surface area contributed by atoms with Crippen LogP contribution in [0.25, 0.3) is 0 Å². The van der Waals surface area contributed by atoms with Crippen molar-refractivity contribution in [3.8, 4) is 6.07 Å². The third-order valence-corrected chi connectivity index (χ3v) is 4.49. The van der Waals surface area contributed by atoms with E-state index in [1.165, 1.54) is 19.3 Å². The van der Waals surface area contributed by atoms with Crippen molar-refractivity contribution in [1.82, 2.24) is 14.8 Å². The summed E-state index contributed by atoms with van der Waals surface area (Å²) in [5, 5.41) is 14.5. The van der Waals surface area contributed by atoms with E-state index in [1.54, 1.807) is 22.8 Å². The lowest BCUT2D eigenvalue weighted by Gasteiger charge is -2.17. The Labute approximate surface area is 100 Å². The summed E-state index contributed by atoms with van der Waals surface area (Å²) in [4.78, 5) is 4.21. The molecule has 0 amide bonds. The lowest BCUT2D eigenvalue weighted by atomic mass is 10.0. The summed E-state index contributed by atoms with van der Waals surface area (Å²) >= 11 is 1.71. The highest BCUT2D eigenvalue weighted by Gasteiger charge is 2.25. The van der Waals surface area contributed by atoms with Crippen LogP contribution in [0.2, 0.25) is 0 Å². The Morgan fingerprint density at radius 2 is 2.25 bits per heavy atom. The molecule has 5 heteroatoms. The fraction of sp³-hybridized carbons (Fsp3) is 0.727. The van der Waals surface area contributed by atoms with Gasteiger partial charge in [0.1, 0.15) is 6.33 Å². The largest absolute Gasteiger partial charge is 0.244 e. The molecule has 0 N–H and O–H groups in total.